The van der Waals surface area contributed by atoms with Crippen molar-refractivity contribution in [2.45, 2.75) is 13.3 Å². The van der Waals surface area contributed by atoms with Gasteiger partial charge in [0, 0.05) is 5.69 Å². The van der Waals surface area contributed by atoms with Gasteiger partial charge in [-0.05, 0) is 36.2 Å². The fraction of sp³-hybridized carbons (Fsp3) is 0.188. The molecule has 6 nitrogen and oxygen atoms in total. The molecule has 0 heterocycles. The molecule has 0 saturated heterocycles. The second-order valence-electron chi connectivity index (χ2n) is 4.91. The van der Waals surface area contributed by atoms with E-state index in [9.17, 15) is 19.4 Å². The molecule has 0 aliphatic rings. The fourth-order valence-corrected chi connectivity index (χ4v) is 2.96. The van der Waals surface area contributed by atoms with Crippen LogP contribution in [-0.4, -0.2) is 22.3 Å². The topological polar surface area (TPSA) is 95.9 Å². The van der Waals surface area contributed by atoms with Gasteiger partial charge in [-0.2, -0.15) is 0 Å². The maximum absolute atomic E-state index is 12.1. The highest BCUT2D eigenvalue weighted by atomic mass is 31.2. The van der Waals surface area contributed by atoms with Crippen molar-refractivity contribution in [3.8, 4) is 5.75 Å². The van der Waals surface area contributed by atoms with E-state index in [0.29, 0.717) is 23.4 Å². The van der Waals surface area contributed by atoms with E-state index in [0.717, 1.165) is 0 Å². The number of hydrogen-bond acceptors (Lipinski definition) is 4. The molecule has 0 aliphatic carbocycles. The molecule has 0 saturated carbocycles. The Kier molecular flexibility index (Phi) is 5.42. The van der Waals surface area contributed by atoms with Gasteiger partial charge in [-0.3, -0.25) is 0 Å². The molecule has 3 N–H and O–H groups in total. The number of anilines is 1. The smallest absolute Gasteiger partial charge is 0.395 e. The van der Waals surface area contributed by atoms with Crippen molar-refractivity contribution in [3.05, 3.63) is 59.7 Å². The molecule has 0 spiro atoms. The third kappa shape index (κ3) is 4.84. The van der Waals surface area contributed by atoms with Gasteiger partial charge >= 0.3 is 13.6 Å². The van der Waals surface area contributed by atoms with Crippen LogP contribution in [0.4, 0.5) is 5.69 Å². The Balaban J connectivity index is 2.06. The molecule has 2 aromatic carbocycles. The van der Waals surface area contributed by atoms with Crippen LogP contribution >= 0.6 is 7.60 Å². The summed E-state index contributed by atoms with van der Waals surface area (Å²) in [4.78, 5) is 21.1. The predicted molar refractivity (Wildman–Crippen MR) is 88.2 cm³/mol. The first-order valence-electron chi connectivity index (χ1n) is 7.08. The van der Waals surface area contributed by atoms with Gasteiger partial charge < -0.3 is 19.8 Å². The summed E-state index contributed by atoms with van der Waals surface area (Å²) in [6.45, 7) is 1.87. The maximum atomic E-state index is 12.1. The number of benzene rings is 2. The van der Waals surface area contributed by atoms with Crippen molar-refractivity contribution >= 4 is 19.3 Å². The molecular weight excluding hydrogens is 317 g/mol. The van der Waals surface area contributed by atoms with E-state index in [2.05, 4.69) is 5.32 Å². The van der Waals surface area contributed by atoms with Gasteiger partial charge in [0.25, 0.3) is 0 Å². The monoisotopic (exact) mass is 335 g/mol. The zero-order chi connectivity index (χ0) is 16.9. The average Bonchev–Trinajstić information content (AvgIpc) is 2.53. The minimum atomic E-state index is -3.90. The van der Waals surface area contributed by atoms with Gasteiger partial charge in [-0.1, -0.05) is 31.2 Å². The zero-order valence-electron chi connectivity index (χ0n) is 12.6. The van der Waals surface area contributed by atoms with Crippen LogP contribution in [0.2, 0.25) is 0 Å². The lowest BCUT2D eigenvalue weighted by Gasteiger charge is -2.15. The highest BCUT2D eigenvalue weighted by molar-refractivity contribution is 7.53. The average molecular weight is 335 g/mol. The van der Waals surface area contributed by atoms with Crippen molar-refractivity contribution in [3.63, 3.8) is 0 Å². The predicted octanol–water partition coefficient (Wildman–Crippen LogP) is 3.58. The van der Waals surface area contributed by atoms with Crippen LogP contribution in [0.5, 0.6) is 5.75 Å². The summed E-state index contributed by atoms with van der Waals surface area (Å²) in [5, 5.41) is 11.9. The molecule has 7 heteroatoms. The minimum absolute atomic E-state index is 0.175. The Hall–Kier alpha value is -2.30. The van der Waals surface area contributed by atoms with E-state index in [-0.39, 0.29) is 11.8 Å². The summed E-state index contributed by atoms with van der Waals surface area (Å²) in [7, 11) is -3.90. The zero-order valence-corrected chi connectivity index (χ0v) is 13.5. The number of para-hydroxylation sites is 1. The Morgan fingerprint density at radius 1 is 1.22 bits per heavy atom. The number of aryl methyl sites for hydroxylation is 1. The summed E-state index contributed by atoms with van der Waals surface area (Å²) in [5.41, 5.74) is 1.33. The van der Waals surface area contributed by atoms with E-state index in [1.807, 2.05) is 6.92 Å². The molecule has 0 aliphatic heterocycles. The number of carbonyl (C=O) groups is 1. The van der Waals surface area contributed by atoms with Crippen molar-refractivity contribution in [1.29, 1.82) is 0 Å². The lowest BCUT2D eigenvalue weighted by molar-refractivity contribution is 0.0695. The number of aromatic carboxylic acids is 1. The standard InChI is InChI=1S/C16H18NO5P/c1-2-12-8-9-13(10-15(12)16(18)19)17-11-23(20,21)22-14-6-4-3-5-7-14/h3-10,17H,2,11H2,1H3,(H,18,19)(H,20,21). The summed E-state index contributed by atoms with van der Waals surface area (Å²) in [5.74, 6) is -0.731. The van der Waals surface area contributed by atoms with Crippen molar-refractivity contribution in [1.82, 2.24) is 0 Å². The molecule has 2 rings (SSSR count). The summed E-state index contributed by atoms with van der Waals surface area (Å²) in [6.07, 6.45) is 0.268. The van der Waals surface area contributed by atoms with Crippen molar-refractivity contribution < 1.29 is 23.9 Å². The molecule has 0 aromatic heterocycles. The summed E-state index contributed by atoms with van der Waals surface area (Å²) >= 11 is 0. The number of rotatable bonds is 7. The number of carboxylic acids is 1. The largest absolute Gasteiger partial charge is 0.478 e. The highest BCUT2D eigenvalue weighted by Gasteiger charge is 2.21. The lowest BCUT2D eigenvalue weighted by Crippen LogP contribution is -2.08. The van der Waals surface area contributed by atoms with E-state index in [1.165, 1.54) is 6.07 Å². The molecule has 122 valence electrons. The van der Waals surface area contributed by atoms with Gasteiger partial charge in [0.2, 0.25) is 0 Å². The van der Waals surface area contributed by atoms with Gasteiger partial charge in [0.15, 0.2) is 0 Å². The fourth-order valence-electron chi connectivity index (χ4n) is 2.06. The van der Waals surface area contributed by atoms with Gasteiger partial charge in [-0.25, -0.2) is 9.36 Å². The van der Waals surface area contributed by atoms with E-state index in [4.69, 9.17) is 4.52 Å². The number of carboxylic acid groups (broad SMARTS) is 1. The van der Waals surface area contributed by atoms with Crippen LogP contribution in [0.3, 0.4) is 0 Å². The van der Waals surface area contributed by atoms with Crippen LogP contribution in [0.1, 0.15) is 22.8 Å². The van der Waals surface area contributed by atoms with Crippen molar-refractivity contribution in [2.75, 3.05) is 11.6 Å². The Bertz CT molecular complexity index is 733. The van der Waals surface area contributed by atoms with Gasteiger partial charge in [0.05, 0.1) is 5.56 Å². The van der Waals surface area contributed by atoms with Crippen LogP contribution in [0.15, 0.2) is 48.5 Å². The van der Waals surface area contributed by atoms with Gasteiger partial charge in [0.1, 0.15) is 12.0 Å². The Labute approximate surface area is 134 Å². The quantitative estimate of drug-likeness (QED) is 0.669. The van der Waals surface area contributed by atoms with Crippen LogP contribution < -0.4 is 9.84 Å². The third-order valence-electron chi connectivity index (χ3n) is 3.20. The second-order valence-corrected chi connectivity index (χ2v) is 6.68. The van der Waals surface area contributed by atoms with E-state index >= 15 is 0 Å². The highest BCUT2D eigenvalue weighted by Crippen LogP contribution is 2.42. The molecule has 0 amide bonds. The molecule has 0 fully saturated rings. The van der Waals surface area contributed by atoms with Gasteiger partial charge in [-0.15, -0.1) is 0 Å². The first-order valence-corrected chi connectivity index (χ1v) is 8.84. The molecule has 1 atom stereocenters. The molecule has 0 bridgehead atoms. The lowest BCUT2D eigenvalue weighted by atomic mass is 10.0. The van der Waals surface area contributed by atoms with Crippen LogP contribution in [0.25, 0.3) is 0 Å². The third-order valence-corrected chi connectivity index (χ3v) is 4.25. The Morgan fingerprint density at radius 3 is 2.52 bits per heavy atom. The Morgan fingerprint density at radius 2 is 1.91 bits per heavy atom. The van der Waals surface area contributed by atoms with Crippen LogP contribution in [0, 0.1) is 0 Å². The first kappa shape index (κ1) is 17.1. The number of hydrogen-bond donors (Lipinski definition) is 3. The molecule has 23 heavy (non-hydrogen) atoms. The SMILES string of the molecule is CCc1ccc(NCP(=O)(O)Oc2ccccc2)cc1C(=O)O. The van der Waals surface area contributed by atoms with E-state index in [1.54, 1.807) is 42.5 Å². The maximum Gasteiger partial charge on any atom is 0.395 e. The molecule has 0 radical (unpaired) electrons. The number of nitrogens with one attached hydrogen (secondary N) is 1. The summed E-state index contributed by atoms with van der Waals surface area (Å²) in [6, 6.07) is 13.2. The van der Waals surface area contributed by atoms with Crippen molar-refractivity contribution in [2.24, 2.45) is 0 Å². The van der Waals surface area contributed by atoms with E-state index < -0.39 is 13.6 Å². The minimum Gasteiger partial charge on any atom is -0.478 e. The summed E-state index contributed by atoms with van der Waals surface area (Å²) < 4.78 is 17.1. The normalized spacial score (nSPS) is 13.1. The first-order chi connectivity index (χ1) is 10.9. The second kappa shape index (κ2) is 7.31. The molecular formula is C16H18NO5P. The molecule has 1 unspecified atom stereocenters. The molecule has 2 aromatic rings. The van der Waals surface area contributed by atoms with Crippen LogP contribution in [-0.2, 0) is 11.0 Å².